The first kappa shape index (κ1) is 12.9. The zero-order valence-electron chi connectivity index (χ0n) is 9.81. The van der Waals surface area contributed by atoms with E-state index in [1.807, 2.05) is 0 Å². The summed E-state index contributed by atoms with van der Waals surface area (Å²) in [6.07, 6.45) is 0.202. The zero-order chi connectivity index (χ0) is 13.4. The highest BCUT2D eigenvalue weighted by atomic mass is 35.5. The van der Waals surface area contributed by atoms with Crippen LogP contribution in [0.5, 0.6) is 0 Å². The Morgan fingerprint density at radius 2 is 2.16 bits per heavy atom. The molecule has 0 bridgehead atoms. The predicted octanol–water partition coefficient (Wildman–Crippen LogP) is 2.44. The Labute approximate surface area is 119 Å². The number of β-amino-alcohol motifs (C(OH)–C–C–N with tert-alkyl or cyclic N) is 1. The smallest absolute Gasteiger partial charge is 0.244 e. The van der Waals surface area contributed by atoms with Crippen LogP contribution < -0.4 is 5.32 Å². The molecule has 1 aromatic heterocycles. The fourth-order valence-corrected chi connectivity index (χ4v) is 2.33. The summed E-state index contributed by atoms with van der Waals surface area (Å²) in [6, 6.07) is 5.06. The van der Waals surface area contributed by atoms with Crippen LogP contribution in [0.4, 0.5) is 0 Å². The van der Waals surface area contributed by atoms with Crippen molar-refractivity contribution in [1.29, 1.82) is 0 Å². The van der Waals surface area contributed by atoms with Gasteiger partial charge in [-0.15, -0.1) is 0 Å². The molecular formula is C12H11Cl2N3O2. The van der Waals surface area contributed by atoms with Crippen LogP contribution in [0.1, 0.15) is 18.4 Å². The highest BCUT2D eigenvalue weighted by molar-refractivity contribution is 6.42. The van der Waals surface area contributed by atoms with Crippen molar-refractivity contribution in [2.24, 2.45) is 0 Å². The summed E-state index contributed by atoms with van der Waals surface area (Å²) in [4.78, 5) is 4.31. The topological polar surface area (TPSA) is 71.2 Å². The molecule has 2 atom stereocenters. The number of benzene rings is 1. The van der Waals surface area contributed by atoms with Crippen LogP contribution in [-0.4, -0.2) is 27.9 Å². The van der Waals surface area contributed by atoms with Crippen LogP contribution >= 0.6 is 23.2 Å². The Balaban J connectivity index is 1.86. The Morgan fingerprint density at radius 3 is 2.84 bits per heavy atom. The number of nitrogens with one attached hydrogen (secondary N) is 1. The van der Waals surface area contributed by atoms with Gasteiger partial charge in [-0.1, -0.05) is 28.4 Å². The molecule has 1 aromatic carbocycles. The highest BCUT2D eigenvalue weighted by Crippen LogP contribution is 2.28. The van der Waals surface area contributed by atoms with Crippen LogP contribution in [-0.2, 0) is 0 Å². The first-order valence-electron chi connectivity index (χ1n) is 5.84. The Kier molecular flexibility index (Phi) is 3.45. The normalized spacial score (nSPS) is 22.9. The number of hydrogen-bond donors (Lipinski definition) is 2. The van der Waals surface area contributed by atoms with Crippen LogP contribution in [0.15, 0.2) is 22.7 Å². The highest BCUT2D eigenvalue weighted by Gasteiger charge is 2.28. The van der Waals surface area contributed by atoms with Gasteiger partial charge in [0.05, 0.1) is 22.2 Å². The van der Waals surface area contributed by atoms with Gasteiger partial charge < -0.3 is 14.9 Å². The molecule has 0 radical (unpaired) electrons. The minimum atomic E-state index is -0.370. The average Bonchev–Trinajstić information content (AvgIpc) is 3.01. The minimum Gasteiger partial charge on any atom is -0.392 e. The Bertz CT molecular complexity index is 602. The zero-order valence-corrected chi connectivity index (χ0v) is 11.3. The van der Waals surface area contributed by atoms with E-state index in [-0.39, 0.29) is 12.1 Å². The molecule has 1 aliphatic rings. The number of aromatic nitrogens is 2. The molecule has 1 fully saturated rings. The molecule has 100 valence electrons. The van der Waals surface area contributed by atoms with Crippen LogP contribution in [0.2, 0.25) is 10.0 Å². The van der Waals surface area contributed by atoms with Gasteiger partial charge in [-0.2, -0.15) is 4.98 Å². The van der Waals surface area contributed by atoms with Gasteiger partial charge in [0.1, 0.15) is 0 Å². The second-order valence-electron chi connectivity index (χ2n) is 4.44. The maximum absolute atomic E-state index is 9.47. The first-order valence-corrected chi connectivity index (χ1v) is 6.59. The summed E-state index contributed by atoms with van der Waals surface area (Å²) in [6.45, 7) is 0.537. The van der Waals surface area contributed by atoms with Crippen molar-refractivity contribution in [3.05, 3.63) is 34.1 Å². The maximum atomic E-state index is 9.47. The van der Waals surface area contributed by atoms with Crippen molar-refractivity contribution in [2.75, 3.05) is 6.54 Å². The van der Waals surface area contributed by atoms with Crippen LogP contribution in [0.3, 0.4) is 0 Å². The van der Waals surface area contributed by atoms with Gasteiger partial charge in [0.25, 0.3) is 0 Å². The standard InChI is InChI=1S/C12H11Cl2N3O2/c13-8-2-1-6(3-9(8)14)11-16-12(19-17-11)10-4-7(18)5-15-10/h1-3,7,10,15,18H,4-5H2/t7?,10-/m0/s1. The van der Waals surface area contributed by atoms with Gasteiger partial charge in [0, 0.05) is 12.1 Å². The summed E-state index contributed by atoms with van der Waals surface area (Å²) >= 11 is 11.8. The lowest BCUT2D eigenvalue weighted by atomic mass is 10.2. The molecule has 3 rings (SSSR count). The lowest BCUT2D eigenvalue weighted by molar-refractivity contribution is 0.191. The van der Waals surface area contributed by atoms with E-state index >= 15 is 0 Å². The van der Waals surface area contributed by atoms with Crippen LogP contribution in [0.25, 0.3) is 11.4 Å². The summed E-state index contributed by atoms with van der Waals surface area (Å²) < 4.78 is 5.21. The third-order valence-corrected chi connectivity index (χ3v) is 3.76. The monoisotopic (exact) mass is 299 g/mol. The van der Waals surface area contributed by atoms with Crippen molar-refractivity contribution >= 4 is 23.2 Å². The molecule has 1 aliphatic heterocycles. The van der Waals surface area contributed by atoms with E-state index in [4.69, 9.17) is 27.7 Å². The van der Waals surface area contributed by atoms with E-state index in [0.29, 0.717) is 34.7 Å². The molecule has 7 heteroatoms. The molecular weight excluding hydrogens is 289 g/mol. The lowest BCUT2D eigenvalue weighted by Crippen LogP contribution is -2.15. The first-order chi connectivity index (χ1) is 9.13. The second kappa shape index (κ2) is 5.09. The molecule has 5 nitrogen and oxygen atoms in total. The van der Waals surface area contributed by atoms with Crippen molar-refractivity contribution in [1.82, 2.24) is 15.5 Å². The van der Waals surface area contributed by atoms with E-state index in [1.54, 1.807) is 18.2 Å². The molecule has 1 saturated heterocycles. The molecule has 0 aliphatic carbocycles. The van der Waals surface area contributed by atoms with E-state index in [0.717, 1.165) is 5.56 Å². The number of rotatable bonds is 2. The van der Waals surface area contributed by atoms with Crippen molar-refractivity contribution in [3.8, 4) is 11.4 Å². The summed E-state index contributed by atoms with van der Waals surface area (Å²) in [5.74, 6) is 0.925. The van der Waals surface area contributed by atoms with Crippen molar-refractivity contribution < 1.29 is 9.63 Å². The minimum absolute atomic E-state index is 0.0981. The third kappa shape index (κ3) is 2.60. The fourth-order valence-electron chi connectivity index (χ4n) is 2.03. The number of aliphatic hydroxyl groups excluding tert-OH is 1. The van der Waals surface area contributed by atoms with Gasteiger partial charge in [0.15, 0.2) is 0 Å². The van der Waals surface area contributed by atoms with E-state index in [9.17, 15) is 5.11 Å². The van der Waals surface area contributed by atoms with Gasteiger partial charge in [-0.05, 0) is 24.6 Å². The average molecular weight is 300 g/mol. The predicted molar refractivity (Wildman–Crippen MR) is 71.1 cm³/mol. The van der Waals surface area contributed by atoms with Crippen LogP contribution in [0, 0.1) is 0 Å². The second-order valence-corrected chi connectivity index (χ2v) is 5.25. The van der Waals surface area contributed by atoms with Gasteiger partial charge in [0.2, 0.25) is 11.7 Å². The van der Waals surface area contributed by atoms with E-state index < -0.39 is 0 Å². The van der Waals surface area contributed by atoms with E-state index in [2.05, 4.69) is 15.5 Å². The largest absolute Gasteiger partial charge is 0.392 e. The molecule has 2 N–H and O–H groups in total. The third-order valence-electron chi connectivity index (χ3n) is 3.03. The molecule has 2 aromatic rings. The molecule has 1 unspecified atom stereocenters. The van der Waals surface area contributed by atoms with Gasteiger partial charge >= 0.3 is 0 Å². The maximum Gasteiger partial charge on any atom is 0.244 e. The molecule has 0 amide bonds. The van der Waals surface area contributed by atoms with E-state index in [1.165, 1.54) is 0 Å². The summed E-state index contributed by atoms with van der Waals surface area (Å²) in [5, 5.41) is 17.4. The van der Waals surface area contributed by atoms with Crippen molar-refractivity contribution in [3.63, 3.8) is 0 Å². The quantitative estimate of drug-likeness (QED) is 0.891. The molecule has 19 heavy (non-hydrogen) atoms. The number of halogens is 2. The summed E-state index contributed by atoms with van der Waals surface area (Å²) in [5.41, 5.74) is 0.739. The summed E-state index contributed by atoms with van der Waals surface area (Å²) in [7, 11) is 0. The Hall–Kier alpha value is -1.14. The Morgan fingerprint density at radius 1 is 1.32 bits per heavy atom. The SMILES string of the molecule is OC1CN[C@H](c2nc(-c3ccc(Cl)c(Cl)c3)no2)C1. The molecule has 2 heterocycles. The van der Waals surface area contributed by atoms with Gasteiger partial charge in [-0.3, -0.25) is 0 Å². The number of nitrogens with zero attached hydrogens (tertiary/aromatic N) is 2. The number of aliphatic hydroxyl groups is 1. The molecule has 0 saturated carbocycles. The number of hydrogen-bond acceptors (Lipinski definition) is 5. The fraction of sp³-hybridized carbons (Fsp3) is 0.333. The van der Waals surface area contributed by atoms with Gasteiger partial charge in [-0.25, -0.2) is 0 Å². The lowest BCUT2D eigenvalue weighted by Gasteiger charge is -2.01. The van der Waals surface area contributed by atoms with Crippen molar-refractivity contribution in [2.45, 2.75) is 18.6 Å². The molecule has 0 spiro atoms.